The maximum absolute atomic E-state index is 5.41. The Morgan fingerprint density at radius 1 is 1.35 bits per heavy atom. The predicted octanol–water partition coefficient (Wildman–Crippen LogP) is 3.35. The minimum atomic E-state index is 0. The lowest BCUT2D eigenvalue weighted by molar-refractivity contribution is 0.159. The molecule has 1 saturated heterocycles. The smallest absolute Gasteiger partial charge is 0.241 e. The Labute approximate surface area is 151 Å². The molecular weight excluding hydrogens is 380 g/mol. The Balaban J connectivity index is 0.00000192. The first-order valence-corrected chi connectivity index (χ1v) is 8.49. The molecule has 0 unspecified atom stereocenters. The molecular formula is C16H22BrClN4O. The van der Waals surface area contributed by atoms with E-state index < -0.39 is 0 Å². The van der Waals surface area contributed by atoms with Crippen LogP contribution in [-0.2, 0) is 6.54 Å². The molecule has 1 aromatic heterocycles. The number of aromatic nitrogens is 2. The van der Waals surface area contributed by atoms with Crippen molar-refractivity contribution in [2.75, 3.05) is 26.7 Å². The van der Waals surface area contributed by atoms with Gasteiger partial charge in [0.15, 0.2) is 0 Å². The Hall–Kier alpha value is -0.950. The van der Waals surface area contributed by atoms with Gasteiger partial charge in [-0.25, -0.2) is 0 Å². The van der Waals surface area contributed by atoms with E-state index in [0.29, 0.717) is 11.7 Å². The molecule has 7 heteroatoms. The summed E-state index contributed by atoms with van der Waals surface area (Å²) in [6.07, 6.45) is 2.46. The predicted molar refractivity (Wildman–Crippen MR) is 96.6 cm³/mol. The number of likely N-dealkylation sites (tertiary alicyclic amines) is 1. The van der Waals surface area contributed by atoms with Crippen LogP contribution >= 0.6 is 28.3 Å². The minimum Gasteiger partial charge on any atom is -0.338 e. The summed E-state index contributed by atoms with van der Waals surface area (Å²) in [5, 5.41) is 7.36. The molecule has 1 aliphatic rings. The van der Waals surface area contributed by atoms with Gasteiger partial charge >= 0.3 is 0 Å². The molecule has 5 nitrogen and oxygen atoms in total. The molecule has 0 spiro atoms. The number of nitrogens with zero attached hydrogens (tertiary/aromatic N) is 3. The lowest BCUT2D eigenvalue weighted by Crippen LogP contribution is -2.36. The molecule has 1 fully saturated rings. The molecule has 0 radical (unpaired) electrons. The first-order chi connectivity index (χ1) is 10.7. The van der Waals surface area contributed by atoms with Crippen LogP contribution in [0.25, 0.3) is 11.4 Å². The highest BCUT2D eigenvalue weighted by atomic mass is 79.9. The summed E-state index contributed by atoms with van der Waals surface area (Å²) in [6.45, 7) is 4.05. The van der Waals surface area contributed by atoms with Gasteiger partial charge in [0.2, 0.25) is 11.7 Å². The van der Waals surface area contributed by atoms with Crippen molar-refractivity contribution in [3.63, 3.8) is 0 Å². The average molecular weight is 402 g/mol. The summed E-state index contributed by atoms with van der Waals surface area (Å²) in [5.74, 6) is 2.14. The van der Waals surface area contributed by atoms with Crippen LogP contribution in [0.1, 0.15) is 18.7 Å². The minimum absolute atomic E-state index is 0. The maximum atomic E-state index is 5.41. The van der Waals surface area contributed by atoms with Crippen molar-refractivity contribution >= 4 is 28.3 Å². The molecule has 23 heavy (non-hydrogen) atoms. The van der Waals surface area contributed by atoms with Crippen LogP contribution in [0.2, 0.25) is 0 Å². The van der Waals surface area contributed by atoms with Crippen molar-refractivity contribution in [2.45, 2.75) is 19.4 Å². The molecule has 2 heterocycles. The van der Waals surface area contributed by atoms with E-state index >= 15 is 0 Å². The maximum Gasteiger partial charge on any atom is 0.241 e. The van der Waals surface area contributed by atoms with Gasteiger partial charge in [-0.3, -0.25) is 4.90 Å². The summed E-state index contributed by atoms with van der Waals surface area (Å²) in [5.41, 5.74) is 0.970. The van der Waals surface area contributed by atoms with Crippen molar-refractivity contribution in [1.29, 1.82) is 0 Å². The molecule has 126 valence electrons. The standard InChI is InChI=1S/C16H21BrN4O.ClH/c1-18-10-12-5-7-21(8-6-12)11-15-19-16(20-22-15)13-3-2-4-14(17)9-13;/h2-4,9,12,18H,5-8,10-11H2,1H3;1H. The molecule has 1 N–H and O–H groups in total. The lowest BCUT2D eigenvalue weighted by atomic mass is 9.97. The monoisotopic (exact) mass is 400 g/mol. The second-order valence-electron chi connectivity index (χ2n) is 5.80. The van der Waals surface area contributed by atoms with E-state index in [2.05, 4.69) is 36.3 Å². The first kappa shape index (κ1) is 18.4. The van der Waals surface area contributed by atoms with Crippen LogP contribution in [-0.4, -0.2) is 41.7 Å². The SMILES string of the molecule is CNCC1CCN(Cc2nc(-c3cccc(Br)c3)no2)CC1.Cl. The second-order valence-corrected chi connectivity index (χ2v) is 6.71. The fourth-order valence-electron chi connectivity index (χ4n) is 2.89. The Morgan fingerprint density at radius 2 is 2.13 bits per heavy atom. The highest BCUT2D eigenvalue weighted by Crippen LogP contribution is 2.22. The van der Waals surface area contributed by atoms with E-state index in [1.807, 2.05) is 31.3 Å². The summed E-state index contributed by atoms with van der Waals surface area (Å²) in [4.78, 5) is 6.91. The zero-order valence-corrected chi connectivity index (χ0v) is 15.6. The zero-order chi connectivity index (χ0) is 15.4. The van der Waals surface area contributed by atoms with Gasteiger partial charge in [-0.2, -0.15) is 4.98 Å². The van der Waals surface area contributed by atoms with Gasteiger partial charge in [0.1, 0.15) is 0 Å². The quantitative estimate of drug-likeness (QED) is 0.832. The third-order valence-corrected chi connectivity index (χ3v) is 4.60. The topological polar surface area (TPSA) is 54.2 Å². The Morgan fingerprint density at radius 3 is 2.83 bits per heavy atom. The van der Waals surface area contributed by atoms with E-state index in [9.17, 15) is 0 Å². The summed E-state index contributed by atoms with van der Waals surface area (Å²) in [7, 11) is 2.02. The van der Waals surface area contributed by atoms with E-state index in [-0.39, 0.29) is 12.4 Å². The van der Waals surface area contributed by atoms with Crippen LogP contribution in [0.4, 0.5) is 0 Å². The van der Waals surface area contributed by atoms with Crippen LogP contribution < -0.4 is 5.32 Å². The molecule has 3 rings (SSSR count). The lowest BCUT2D eigenvalue weighted by Gasteiger charge is -2.30. The van der Waals surface area contributed by atoms with Crippen LogP contribution in [0.15, 0.2) is 33.3 Å². The van der Waals surface area contributed by atoms with E-state index in [4.69, 9.17) is 4.52 Å². The molecule has 0 atom stereocenters. The molecule has 0 saturated carbocycles. The van der Waals surface area contributed by atoms with Gasteiger partial charge < -0.3 is 9.84 Å². The average Bonchev–Trinajstić information content (AvgIpc) is 2.98. The molecule has 0 amide bonds. The molecule has 1 aliphatic heterocycles. The van der Waals surface area contributed by atoms with Crippen LogP contribution in [0, 0.1) is 5.92 Å². The van der Waals surface area contributed by atoms with Gasteiger partial charge in [-0.05, 0) is 57.6 Å². The van der Waals surface area contributed by atoms with Crippen molar-refractivity contribution in [2.24, 2.45) is 5.92 Å². The van der Waals surface area contributed by atoms with E-state index in [1.54, 1.807) is 0 Å². The van der Waals surface area contributed by atoms with Gasteiger partial charge in [0, 0.05) is 10.0 Å². The number of hydrogen-bond donors (Lipinski definition) is 1. The zero-order valence-electron chi connectivity index (χ0n) is 13.2. The van der Waals surface area contributed by atoms with Crippen molar-refractivity contribution < 1.29 is 4.52 Å². The van der Waals surface area contributed by atoms with Crippen molar-refractivity contribution in [3.8, 4) is 11.4 Å². The molecule has 2 aromatic rings. The fourth-order valence-corrected chi connectivity index (χ4v) is 3.29. The third kappa shape index (κ3) is 5.01. The Bertz CT molecular complexity index is 614. The van der Waals surface area contributed by atoms with Gasteiger partial charge in [0.05, 0.1) is 6.54 Å². The largest absolute Gasteiger partial charge is 0.338 e. The normalized spacial score (nSPS) is 16.3. The van der Waals surface area contributed by atoms with Gasteiger partial charge in [-0.15, -0.1) is 12.4 Å². The van der Waals surface area contributed by atoms with Crippen molar-refractivity contribution in [3.05, 3.63) is 34.6 Å². The number of nitrogens with one attached hydrogen (secondary N) is 1. The summed E-state index contributed by atoms with van der Waals surface area (Å²) >= 11 is 3.46. The molecule has 0 aliphatic carbocycles. The molecule has 1 aromatic carbocycles. The number of piperidine rings is 1. The van der Waals surface area contributed by atoms with E-state index in [0.717, 1.165) is 42.1 Å². The first-order valence-electron chi connectivity index (χ1n) is 7.70. The Kier molecular flexibility index (Phi) is 7.02. The fraction of sp³-hybridized carbons (Fsp3) is 0.500. The number of benzene rings is 1. The highest BCUT2D eigenvalue weighted by Gasteiger charge is 2.20. The molecule has 0 bridgehead atoms. The second kappa shape index (κ2) is 8.78. The van der Waals surface area contributed by atoms with Crippen LogP contribution in [0.5, 0.6) is 0 Å². The van der Waals surface area contributed by atoms with Crippen LogP contribution in [0.3, 0.4) is 0 Å². The van der Waals surface area contributed by atoms with Gasteiger partial charge in [-0.1, -0.05) is 33.2 Å². The highest BCUT2D eigenvalue weighted by molar-refractivity contribution is 9.10. The summed E-state index contributed by atoms with van der Waals surface area (Å²) in [6, 6.07) is 7.95. The van der Waals surface area contributed by atoms with E-state index in [1.165, 1.54) is 12.8 Å². The number of halogens is 2. The van der Waals surface area contributed by atoms with Gasteiger partial charge in [0.25, 0.3) is 0 Å². The third-order valence-electron chi connectivity index (χ3n) is 4.11. The summed E-state index contributed by atoms with van der Waals surface area (Å²) < 4.78 is 6.42. The van der Waals surface area contributed by atoms with Crippen molar-refractivity contribution in [1.82, 2.24) is 20.4 Å². The number of rotatable bonds is 5. The number of hydrogen-bond acceptors (Lipinski definition) is 5.